The summed E-state index contributed by atoms with van der Waals surface area (Å²) in [6, 6.07) is 0. The summed E-state index contributed by atoms with van der Waals surface area (Å²) in [6.07, 6.45) is 3.29. The average molecular weight is 250 g/mol. The summed E-state index contributed by atoms with van der Waals surface area (Å²) in [5.41, 5.74) is 1.52. The lowest BCUT2D eigenvalue weighted by Gasteiger charge is -2.14. The fourth-order valence-electron chi connectivity index (χ4n) is 1.55. The van der Waals surface area contributed by atoms with Gasteiger partial charge >= 0.3 is 0 Å². The Labute approximate surface area is 104 Å². The highest BCUT2D eigenvalue weighted by Gasteiger charge is 2.14. The van der Waals surface area contributed by atoms with Crippen LogP contribution in [0.1, 0.15) is 21.1 Å². The molecule has 0 aliphatic carbocycles. The fourth-order valence-corrected chi connectivity index (χ4v) is 2.15. The largest absolute Gasteiger partial charge is 0.336 e. The van der Waals surface area contributed by atoms with Gasteiger partial charge in [-0.2, -0.15) is 5.10 Å². The van der Waals surface area contributed by atoms with Crippen LogP contribution in [0.3, 0.4) is 0 Å². The van der Waals surface area contributed by atoms with E-state index in [9.17, 15) is 4.79 Å². The molecule has 5 nitrogen and oxygen atoms in total. The third-order valence-corrected chi connectivity index (χ3v) is 3.19. The van der Waals surface area contributed by atoms with Crippen LogP contribution in [0.25, 0.3) is 0 Å². The summed E-state index contributed by atoms with van der Waals surface area (Å²) in [4.78, 5) is 18.0. The van der Waals surface area contributed by atoms with Gasteiger partial charge < -0.3 is 4.90 Å². The molecule has 17 heavy (non-hydrogen) atoms. The fraction of sp³-hybridized carbons (Fsp3) is 0.364. The van der Waals surface area contributed by atoms with Gasteiger partial charge in [-0.15, -0.1) is 11.3 Å². The van der Waals surface area contributed by atoms with E-state index in [1.807, 2.05) is 12.3 Å². The lowest BCUT2D eigenvalue weighted by Crippen LogP contribution is -2.26. The van der Waals surface area contributed by atoms with Crippen LogP contribution in [0, 0.1) is 6.92 Å². The Morgan fingerprint density at radius 1 is 1.59 bits per heavy atom. The van der Waals surface area contributed by atoms with E-state index in [1.54, 1.807) is 47.4 Å². The highest BCUT2D eigenvalue weighted by Crippen LogP contribution is 2.11. The Morgan fingerprint density at radius 2 is 2.35 bits per heavy atom. The van der Waals surface area contributed by atoms with E-state index in [2.05, 4.69) is 10.1 Å². The number of aromatic nitrogens is 3. The van der Waals surface area contributed by atoms with Gasteiger partial charge in [0.05, 0.1) is 29.0 Å². The quantitative estimate of drug-likeness (QED) is 0.828. The smallest absolute Gasteiger partial charge is 0.257 e. The molecular formula is C11H14N4OS. The number of amides is 1. The molecule has 0 atom stereocenters. The zero-order valence-corrected chi connectivity index (χ0v) is 10.9. The van der Waals surface area contributed by atoms with Crippen LogP contribution >= 0.6 is 11.3 Å². The van der Waals surface area contributed by atoms with E-state index in [1.165, 1.54) is 0 Å². The minimum absolute atomic E-state index is 0.0382. The summed E-state index contributed by atoms with van der Waals surface area (Å²) in [7, 11) is 3.56. The zero-order chi connectivity index (χ0) is 12.4. The van der Waals surface area contributed by atoms with Crippen molar-refractivity contribution in [2.45, 2.75) is 13.5 Å². The predicted molar refractivity (Wildman–Crippen MR) is 65.9 cm³/mol. The summed E-state index contributed by atoms with van der Waals surface area (Å²) >= 11 is 1.59. The number of hydrogen-bond donors (Lipinski definition) is 0. The maximum absolute atomic E-state index is 12.0. The SMILES string of the molecule is Cc1nc(CN(C)C(=O)c2cnn(C)c2)cs1. The molecule has 90 valence electrons. The van der Waals surface area contributed by atoms with Crippen LogP contribution in [0.4, 0.5) is 0 Å². The molecule has 2 aromatic heterocycles. The highest BCUT2D eigenvalue weighted by atomic mass is 32.1. The molecule has 0 aliphatic heterocycles. The maximum Gasteiger partial charge on any atom is 0.257 e. The van der Waals surface area contributed by atoms with Crippen LogP contribution in [0.2, 0.25) is 0 Å². The second-order valence-electron chi connectivity index (χ2n) is 3.92. The van der Waals surface area contributed by atoms with Crippen molar-refractivity contribution in [2.24, 2.45) is 7.05 Å². The summed E-state index contributed by atoms with van der Waals surface area (Å²) in [6.45, 7) is 2.48. The van der Waals surface area contributed by atoms with Gasteiger partial charge in [-0.3, -0.25) is 9.48 Å². The molecule has 0 spiro atoms. The molecule has 1 amide bonds. The number of hydrogen-bond acceptors (Lipinski definition) is 4. The Bertz CT molecular complexity index is 531. The number of rotatable bonds is 3. The first-order chi connectivity index (χ1) is 8.06. The first-order valence-electron chi connectivity index (χ1n) is 5.21. The van der Waals surface area contributed by atoms with Gasteiger partial charge in [-0.1, -0.05) is 0 Å². The number of aryl methyl sites for hydroxylation is 2. The standard InChI is InChI=1S/C11H14N4OS/c1-8-13-10(7-17-8)6-14(2)11(16)9-4-12-15(3)5-9/h4-5,7H,6H2,1-3H3. The summed E-state index contributed by atoms with van der Waals surface area (Å²) in [5, 5.41) is 6.98. The molecule has 0 saturated heterocycles. The van der Waals surface area contributed by atoms with E-state index >= 15 is 0 Å². The van der Waals surface area contributed by atoms with Gasteiger partial charge in [0.25, 0.3) is 5.91 Å². The topological polar surface area (TPSA) is 51.0 Å². The molecule has 0 bridgehead atoms. The number of carbonyl (C=O) groups is 1. The minimum Gasteiger partial charge on any atom is -0.336 e. The van der Waals surface area contributed by atoms with Crippen molar-refractivity contribution in [1.29, 1.82) is 0 Å². The second kappa shape index (κ2) is 4.67. The Hall–Kier alpha value is -1.69. The third kappa shape index (κ3) is 2.71. The van der Waals surface area contributed by atoms with Crippen LogP contribution < -0.4 is 0 Å². The third-order valence-electron chi connectivity index (χ3n) is 2.36. The summed E-state index contributed by atoms with van der Waals surface area (Å²) in [5.74, 6) is -0.0382. The predicted octanol–water partition coefficient (Wildman–Crippen LogP) is 1.46. The molecule has 2 heterocycles. The van der Waals surface area contributed by atoms with Gasteiger partial charge in [0.1, 0.15) is 0 Å². The molecule has 2 rings (SSSR count). The lowest BCUT2D eigenvalue weighted by atomic mass is 10.3. The van der Waals surface area contributed by atoms with Gasteiger partial charge in [-0.25, -0.2) is 4.98 Å². The van der Waals surface area contributed by atoms with Gasteiger partial charge in [0.2, 0.25) is 0 Å². The van der Waals surface area contributed by atoms with Crippen molar-refractivity contribution in [3.05, 3.63) is 34.0 Å². The molecular weight excluding hydrogens is 236 g/mol. The number of nitrogens with zero attached hydrogens (tertiary/aromatic N) is 4. The van der Waals surface area contributed by atoms with E-state index < -0.39 is 0 Å². The van der Waals surface area contributed by atoms with Crippen LogP contribution in [-0.2, 0) is 13.6 Å². The van der Waals surface area contributed by atoms with E-state index in [0.29, 0.717) is 12.1 Å². The van der Waals surface area contributed by atoms with Crippen molar-refractivity contribution < 1.29 is 4.79 Å². The van der Waals surface area contributed by atoms with Crippen LogP contribution in [-0.4, -0.2) is 32.6 Å². The molecule has 0 saturated carbocycles. The van der Waals surface area contributed by atoms with Crippen molar-refractivity contribution in [3.8, 4) is 0 Å². The van der Waals surface area contributed by atoms with Crippen LogP contribution in [0.5, 0.6) is 0 Å². The molecule has 6 heteroatoms. The van der Waals surface area contributed by atoms with Crippen molar-refractivity contribution >= 4 is 17.2 Å². The summed E-state index contributed by atoms with van der Waals surface area (Å²) < 4.78 is 1.62. The highest BCUT2D eigenvalue weighted by molar-refractivity contribution is 7.09. The zero-order valence-electron chi connectivity index (χ0n) is 10.0. The normalized spacial score (nSPS) is 10.5. The van der Waals surface area contributed by atoms with E-state index in [0.717, 1.165) is 10.7 Å². The molecule has 0 aliphatic rings. The Balaban J connectivity index is 2.05. The van der Waals surface area contributed by atoms with Crippen LogP contribution in [0.15, 0.2) is 17.8 Å². The van der Waals surface area contributed by atoms with Gasteiger partial charge in [-0.05, 0) is 6.92 Å². The van der Waals surface area contributed by atoms with Gasteiger partial charge in [0.15, 0.2) is 0 Å². The first-order valence-corrected chi connectivity index (χ1v) is 6.09. The number of thiazole rings is 1. The molecule has 2 aromatic rings. The molecule has 0 N–H and O–H groups in total. The van der Waals surface area contributed by atoms with Crippen molar-refractivity contribution in [3.63, 3.8) is 0 Å². The molecule has 0 radical (unpaired) electrons. The lowest BCUT2D eigenvalue weighted by molar-refractivity contribution is 0.0783. The minimum atomic E-state index is -0.0382. The van der Waals surface area contributed by atoms with E-state index in [4.69, 9.17) is 0 Å². The molecule has 0 unspecified atom stereocenters. The van der Waals surface area contributed by atoms with Gasteiger partial charge in [0, 0.05) is 25.7 Å². The Kier molecular flexibility index (Phi) is 3.23. The maximum atomic E-state index is 12.0. The molecule has 0 fully saturated rings. The number of carbonyl (C=O) groups excluding carboxylic acids is 1. The first kappa shape index (κ1) is 11.8. The van der Waals surface area contributed by atoms with Crippen molar-refractivity contribution in [1.82, 2.24) is 19.7 Å². The second-order valence-corrected chi connectivity index (χ2v) is 4.98. The average Bonchev–Trinajstić information content (AvgIpc) is 2.87. The Morgan fingerprint density at radius 3 is 2.88 bits per heavy atom. The monoisotopic (exact) mass is 250 g/mol. The molecule has 0 aromatic carbocycles. The van der Waals surface area contributed by atoms with Crippen molar-refractivity contribution in [2.75, 3.05) is 7.05 Å². The van der Waals surface area contributed by atoms with E-state index in [-0.39, 0.29) is 5.91 Å².